The number of benzene rings is 4. The number of phenols is 2. The number of nitrogens with two attached hydrogens (primary N) is 1. The molecule has 9 atom stereocenters. The molecule has 78 heavy (non-hydrogen) atoms. The summed E-state index contributed by atoms with van der Waals surface area (Å²) in [5.74, 6) is -3.70. The highest BCUT2D eigenvalue weighted by molar-refractivity contribution is 8.76. The number of allylic oxidation sites excluding steroid dienone is 4. The van der Waals surface area contributed by atoms with Crippen LogP contribution in [0.25, 0.3) is 27.7 Å². The molecule has 6 aromatic rings. The number of fused-ring (bicyclic) bond motifs is 3. The Bertz CT molecular complexity index is 3350. The third kappa shape index (κ3) is 10.3. The maximum Gasteiger partial charge on any atom is 0.343 e. The third-order valence-corrected chi connectivity index (χ3v) is 17.7. The van der Waals surface area contributed by atoms with Crippen LogP contribution in [-0.4, -0.2) is 115 Å². The number of aliphatic hydroxyl groups excluding tert-OH is 1. The number of carbonyl (C=O) groups is 3. The first-order valence-corrected chi connectivity index (χ1v) is 28.2. The van der Waals surface area contributed by atoms with E-state index in [1.54, 1.807) is 12.1 Å². The zero-order valence-electron chi connectivity index (χ0n) is 42.5. The van der Waals surface area contributed by atoms with E-state index in [2.05, 4.69) is 65.0 Å². The van der Waals surface area contributed by atoms with Crippen molar-refractivity contribution in [1.29, 1.82) is 0 Å². The van der Waals surface area contributed by atoms with Gasteiger partial charge in [-0.05, 0) is 145 Å². The van der Waals surface area contributed by atoms with Gasteiger partial charge in [0.05, 0.1) is 10.9 Å². The number of carboxylic acid groups (broad SMARTS) is 1. The molecule has 10 rings (SSSR count). The highest BCUT2D eigenvalue weighted by Crippen LogP contribution is 2.51. The van der Waals surface area contributed by atoms with Gasteiger partial charge in [-0.1, -0.05) is 95.3 Å². The van der Waals surface area contributed by atoms with E-state index in [-0.39, 0.29) is 75.5 Å². The maximum absolute atomic E-state index is 14.5. The van der Waals surface area contributed by atoms with E-state index in [9.17, 15) is 44.7 Å². The molecule has 4 aliphatic rings. The molecule has 9 unspecified atom stereocenters. The lowest BCUT2D eigenvalue weighted by atomic mass is 9.63. The summed E-state index contributed by atoms with van der Waals surface area (Å²) >= 11 is 0. The zero-order valence-corrected chi connectivity index (χ0v) is 44.1. The lowest BCUT2D eigenvalue weighted by Crippen LogP contribution is -2.85. The predicted octanol–water partition coefficient (Wildman–Crippen LogP) is 7.17. The van der Waals surface area contributed by atoms with E-state index in [0.29, 0.717) is 12.2 Å². The molecule has 0 saturated carbocycles. The van der Waals surface area contributed by atoms with Crippen molar-refractivity contribution in [2.24, 2.45) is 17.6 Å². The molecule has 406 valence electrons. The zero-order chi connectivity index (χ0) is 54.8. The number of amides is 1. The topological polar surface area (TPSA) is 276 Å². The Kier molecular flexibility index (Phi) is 15.9. The molecule has 2 bridgehead atoms. The molecule has 4 heterocycles. The monoisotopic (exact) mass is 1100 g/mol. The molecule has 2 aliphatic carbocycles. The smallest absolute Gasteiger partial charge is 0.343 e. The minimum absolute atomic E-state index is 0.00315. The summed E-state index contributed by atoms with van der Waals surface area (Å²) in [7, 11) is 2.73. The van der Waals surface area contributed by atoms with Crippen molar-refractivity contribution < 1.29 is 58.5 Å². The lowest BCUT2D eigenvalue weighted by Gasteiger charge is -2.59. The van der Waals surface area contributed by atoms with Crippen molar-refractivity contribution in [3.63, 3.8) is 0 Å². The van der Waals surface area contributed by atoms with Crippen LogP contribution in [0.5, 0.6) is 17.2 Å². The molecule has 0 radical (unpaired) electrons. The normalized spacial score (nSPS) is 27.0. The Morgan fingerprint density at radius 1 is 0.974 bits per heavy atom. The molecule has 1 spiro atoms. The minimum atomic E-state index is -2.67. The molecule has 10 N–H and O–H groups in total. The Morgan fingerprint density at radius 3 is 2.49 bits per heavy atom. The SMILES string of the molecule is CC(CC=C1C=CC(CCNCCc2ccc(O)cc2)c2ccccc21)C1CNCC2(O)C(Oc3ccc4c(=O)c(-c5ccc(O)cc5)c(C(N)=O)oc4c3)OC3(C(=O)O)C=CC(=O)C2(OCSSCC1c1cc[nH]c1)C3O. The maximum atomic E-state index is 14.5. The van der Waals surface area contributed by atoms with Crippen molar-refractivity contribution in [2.45, 2.75) is 67.2 Å². The summed E-state index contributed by atoms with van der Waals surface area (Å²) in [6, 6.07) is 27.3. The van der Waals surface area contributed by atoms with Crippen molar-refractivity contribution in [3.8, 4) is 28.4 Å². The van der Waals surface area contributed by atoms with Crippen LogP contribution in [0.15, 0.2) is 149 Å². The number of aromatic amines is 1. The average molecular weight is 1100 g/mol. The summed E-state index contributed by atoms with van der Waals surface area (Å²) in [4.78, 5) is 57.8. The Balaban J connectivity index is 0.936. The van der Waals surface area contributed by atoms with E-state index < -0.39 is 64.6 Å². The van der Waals surface area contributed by atoms with Crippen molar-refractivity contribution in [2.75, 3.05) is 37.9 Å². The van der Waals surface area contributed by atoms with Crippen LogP contribution >= 0.6 is 21.6 Å². The number of rotatable bonds is 15. The number of ketones is 1. The van der Waals surface area contributed by atoms with Crippen LogP contribution in [0.1, 0.15) is 64.4 Å². The number of aliphatic carboxylic acids is 1. The fourth-order valence-electron chi connectivity index (χ4n) is 11.3. The van der Waals surface area contributed by atoms with Gasteiger partial charge in [-0.15, -0.1) is 0 Å². The molecule has 2 aromatic heterocycles. The Hall–Kier alpha value is -6.94. The first-order valence-electron chi connectivity index (χ1n) is 25.7. The summed E-state index contributed by atoms with van der Waals surface area (Å²) in [6.07, 6.45) is 10.6. The first-order chi connectivity index (χ1) is 37.6. The van der Waals surface area contributed by atoms with Gasteiger partial charge in [-0.2, -0.15) is 0 Å². The van der Waals surface area contributed by atoms with Crippen LogP contribution in [0.3, 0.4) is 0 Å². The second-order valence-corrected chi connectivity index (χ2v) is 22.7. The number of primary amides is 1. The van der Waals surface area contributed by atoms with Gasteiger partial charge in [0.1, 0.15) is 34.9 Å². The molecular formula is C59H60N4O13S2. The predicted molar refractivity (Wildman–Crippen MR) is 297 cm³/mol. The molecule has 2 aliphatic heterocycles. The number of aromatic hydroxyl groups is 2. The largest absolute Gasteiger partial charge is 0.508 e. The van der Waals surface area contributed by atoms with E-state index in [1.807, 2.05) is 30.6 Å². The van der Waals surface area contributed by atoms with E-state index in [1.165, 1.54) is 75.2 Å². The minimum Gasteiger partial charge on any atom is -0.508 e. The quantitative estimate of drug-likeness (QED) is 0.0364. The highest BCUT2D eigenvalue weighted by atomic mass is 33.1. The van der Waals surface area contributed by atoms with Crippen molar-refractivity contribution in [1.82, 2.24) is 15.6 Å². The fourth-order valence-corrected chi connectivity index (χ4v) is 13.4. The molecule has 19 heteroatoms. The molecule has 1 amide bonds. The van der Waals surface area contributed by atoms with Crippen molar-refractivity contribution in [3.05, 3.63) is 178 Å². The van der Waals surface area contributed by atoms with E-state index >= 15 is 0 Å². The van der Waals surface area contributed by atoms with Gasteiger partial charge in [0.25, 0.3) is 5.91 Å². The van der Waals surface area contributed by atoms with Crippen LogP contribution in [0.4, 0.5) is 0 Å². The number of hydrogen-bond donors (Lipinski definition) is 9. The number of phenolic OH excluding ortho intramolecular Hbond substituents is 2. The van der Waals surface area contributed by atoms with E-state index in [4.69, 9.17) is 24.4 Å². The van der Waals surface area contributed by atoms with Gasteiger partial charge in [0.15, 0.2) is 17.0 Å². The van der Waals surface area contributed by atoms with Gasteiger partial charge in [-0.3, -0.25) is 14.4 Å². The van der Waals surface area contributed by atoms with Crippen LogP contribution < -0.4 is 26.5 Å². The number of aliphatic hydroxyl groups is 2. The number of β-amino-alcohol motifs (C(OH)–C–C–N with tert-alkyl or cyclic N) is 1. The van der Waals surface area contributed by atoms with Crippen LogP contribution in [0.2, 0.25) is 0 Å². The number of hydrogen-bond acceptors (Lipinski definition) is 16. The lowest BCUT2D eigenvalue weighted by molar-refractivity contribution is -0.360. The van der Waals surface area contributed by atoms with Gasteiger partial charge >= 0.3 is 5.97 Å². The number of carboxylic acids is 1. The van der Waals surface area contributed by atoms with Gasteiger partial charge in [-0.25, -0.2) is 4.79 Å². The summed E-state index contributed by atoms with van der Waals surface area (Å²) < 4.78 is 24.9. The first kappa shape index (κ1) is 54.4. The Labute approximate surface area is 457 Å². The number of nitrogens with one attached hydrogen (secondary N) is 3. The molecule has 17 nitrogen and oxygen atoms in total. The molecule has 4 aromatic carbocycles. The third-order valence-electron chi connectivity index (χ3n) is 15.6. The highest BCUT2D eigenvalue weighted by Gasteiger charge is 2.77. The fraction of sp³-hybridized carbons (Fsp3) is 0.322. The second-order valence-electron chi connectivity index (χ2n) is 20.2. The van der Waals surface area contributed by atoms with Gasteiger partial charge in [0.2, 0.25) is 23.1 Å². The second kappa shape index (κ2) is 22.8. The Morgan fingerprint density at radius 2 is 1.74 bits per heavy atom. The molecular weight excluding hydrogens is 1040 g/mol. The number of ether oxygens (including phenoxy) is 3. The number of H-pyrrole nitrogens is 1. The standard InChI is InChI=1S/C59H60N4O13S2/c1-34(6-9-36-10-11-37(44-5-3-2-4-43(36)44)22-26-61-25-21-35-7-14-40(64)15-8-35)46-30-63-32-58(72)56(74-42-18-19-45-48(28-42)75-52(53(60)68)50(51(45)67)38-12-16-41(65)17-13-38)76-57(55(70)71)24-20-49(66)59(58,54(57)69)73-33-78-77-31-47(46)39-23-27-62-29-39/h2-5,7-20,23-24,27-29,34,37,46-47,54,56,61-65,69,72H,6,21-22,25-26,30-33H2,1H3,(H2,60,68)(H,70,71). The number of carbonyl (C=O) groups excluding carboxylic acids is 2. The summed E-state index contributed by atoms with van der Waals surface area (Å²) in [5, 5.41) is 62.8. The van der Waals surface area contributed by atoms with Gasteiger partial charge < -0.3 is 65.5 Å². The van der Waals surface area contributed by atoms with Crippen LogP contribution in [0, 0.1) is 11.8 Å². The van der Waals surface area contributed by atoms with E-state index in [0.717, 1.165) is 54.8 Å². The van der Waals surface area contributed by atoms with Crippen molar-refractivity contribution >= 4 is 55.8 Å². The summed E-state index contributed by atoms with van der Waals surface area (Å²) in [6.45, 7) is 3.58. The van der Waals surface area contributed by atoms with Crippen LogP contribution in [-0.2, 0) is 25.5 Å². The average Bonchev–Trinajstić information content (AvgIpc) is 4.04. The molecule has 2 fully saturated rings. The van der Waals surface area contributed by atoms with Gasteiger partial charge in [0, 0.05) is 36.7 Å². The molecule has 2 saturated heterocycles. The summed E-state index contributed by atoms with van der Waals surface area (Å²) in [5.41, 5.74) is 2.81. The number of aromatic nitrogens is 1.